The zero-order chi connectivity index (χ0) is 14.8. The predicted octanol–water partition coefficient (Wildman–Crippen LogP) is 5.96. The van der Waals surface area contributed by atoms with Gasteiger partial charge in [-0.1, -0.05) is 64.7 Å². The standard InChI is InChI=1S/C11H16O.C8H16/c1-2-3-4-7-10-8-5-6-9-11(10)12;1-3-7-5-8(4-2)6-7/h5-6,8-9,12H,2-4,7H2,1H3;7-8H,3-6H2,1-2H3. The summed E-state index contributed by atoms with van der Waals surface area (Å²) in [5.74, 6) is 2.63. The largest absolute Gasteiger partial charge is 0.508 e. The molecule has 0 atom stereocenters. The maximum absolute atomic E-state index is 9.41. The molecule has 1 aromatic rings. The van der Waals surface area contributed by atoms with E-state index in [0.29, 0.717) is 5.75 Å². The molecular weight excluding hydrogens is 244 g/mol. The summed E-state index contributed by atoms with van der Waals surface area (Å²) in [6, 6.07) is 7.58. The van der Waals surface area contributed by atoms with Crippen molar-refractivity contribution in [2.45, 2.75) is 72.1 Å². The lowest BCUT2D eigenvalue weighted by molar-refractivity contribution is 0.183. The minimum Gasteiger partial charge on any atom is -0.508 e. The molecule has 1 N–H and O–H groups in total. The zero-order valence-corrected chi connectivity index (χ0v) is 13.6. The van der Waals surface area contributed by atoms with Crippen LogP contribution < -0.4 is 0 Å². The second-order valence-corrected chi connectivity index (χ2v) is 6.11. The Labute approximate surface area is 125 Å². The number of phenols is 1. The molecule has 20 heavy (non-hydrogen) atoms. The molecule has 0 unspecified atom stereocenters. The Kier molecular flexibility index (Phi) is 8.41. The number of aromatic hydroxyl groups is 1. The lowest BCUT2D eigenvalue weighted by Gasteiger charge is -2.33. The van der Waals surface area contributed by atoms with Crippen LogP contribution in [0, 0.1) is 11.8 Å². The van der Waals surface area contributed by atoms with Crippen molar-refractivity contribution in [2.75, 3.05) is 0 Å². The quantitative estimate of drug-likeness (QED) is 0.636. The van der Waals surface area contributed by atoms with Gasteiger partial charge < -0.3 is 5.11 Å². The normalized spacial score (nSPS) is 20.8. The molecule has 1 aromatic carbocycles. The van der Waals surface area contributed by atoms with E-state index in [-0.39, 0.29) is 0 Å². The van der Waals surface area contributed by atoms with Crippen molar-refractivity contribution < 1.29 is 5.11 Å². The Balaban J connectivity index is 0.000000217. The Morgan fingerprint density at radius 1 is 0.950 bits per heavy atom. The van der Waals surface area contributed by atoms with Crippen LogP contribution >= 0.6 is 0 Å². The van der Waals surface area contributed by atoms with E-state index in [2.05, 4.69) is 20.8 Å². The maximum atomic E-state index is 9.41. The van der Waals surface area contributed by atoms with Crippen LogP contribution in [0.4, 0.5) is 0 Å². The van der Waals surface area contributed by atoms with Gasteiger partial charge in [0.1, 0.15) is 5.75 Å². The van der Waals surface area contributed by atoms with Gasteiger partial charge in [0, 0.05) is 0 Å². The minimum absolute atomic E-state index is 0.439. The summed E-state index contributed by atoms with van der Waals surface area (Å²) in [6.07, 6.45) is 10.5. The smallest absolute Gasteiger partial charge is 0.118 e. The molecule has 1 aliphatic carbocycles. The molecule has 1 saturated carbocycles. The highest BCUT2D eigenvalue weighted by Gasteiger charge is 2.25. The molecule has 1 nitrogen and oxygen atoms in total. The topological polar surface area (TPSA) is 20.2 Å². The third-order valence-corrected chi connectivity index (χ3v) is 4.53. The summed E-state index contributed by atoms with van der Waals surface area (Å²) >= 11 is 0. The summed E-state index contributed by atoms with van der Waals surface area (Å²) < 4.78 is 0. The van der Waals surface area contributed by atoms with Crippen molar-refractivity contribution in [1.82, 2.24) is 0 Å². The van der Waals surface area contributed by atoms with Gasteiger partial charge in [0.25, 0.3) is 0 Å². The Morgan fingerprint density at radius 2 is 1.55 bits per heavy atom. The Morgan fingerprint density at radius 3 is 2.05 bits per heavy atom. The van der Waals surface area contributed by atoms with Gasteiger partial charge in [-0.3, -0.25) is 0 Å². The van der Waals surface area contributed by atoms with Crippen LogP contribution in [0.25, 0.3) is 0 Å². The highest BCUT2D eigenvalue weighted by atomic mass is 16.3. The van der Waals surface area contributed by atoms with Crippen molar-refractivity contribution in [3.8, 4) is 5.75 Å². The first-order valence-electron chi connectivity index (χ1n) is 8.48. The van der Waals surface area contributed by atoms with E-state index < -0.39 is 0 Å². The first-order valence-corrected chi connectivity index (χ1v) is 8.48. The molecule has 0 saturated heterocycles. The molecule has 114 valence electrons. The van der Waals surface area contributed by atoms with Gasteiger partial charge in [-0.25, -0.2) is 0 Å². The first-order chi connectivity index (χ1) is 9.71. The fraction of sp³-hybridized carbons (Fsp3) is 0.684. The number of hydrogen-bond donors (Lipinski definition) is 1. The second kappa shape index (κ2) is 9.85. The van der Waals surface area contributed by atoms with Gasteiger partial charge >= 0.3 is 0 Å². The number of hydrogen-bond acceptors (Lipinski definition) is 1. The average molecular weight is 276 g/mol. The number of benzene rings is 1. The molecule has 0 radical (unpaired) electrons. The third-order valence-electron chi connectivity index (χ3n) is 4.53. The van der Waals surface area contributed by atoms with Crippen molar-refractivity contribution in [2.24, 2.45) is 11.8 Å². The second-order valence-electron chi connectivity index (χ2n) is 6.11. The van der Waals surface area contributed by atoms with Crippen LogP contribution in [0.5, 0.6) is 5.75 Å². The Hall–Kier alpha value is -0.980. The monoisotopic (exact) mass is 276 g/mol. The molecule has 0 heterocycles. The highest BCUT2D eigenvalue weighted by Crippen LogP contribution is 2.37. The predicted molar refractivity (Wildman–Crippen MR) is 88.1 cm³/mol. The molecule has 0 bridgehead atoms. The summed E-state index contributed by atoms with van der Waals surface area (Å²) in [5, 5.41) is 9.41. The van der Waals surface area contributed by atoms with Crippen LogP contribution in [-0.4, -0.2) is 5.11 Å². The zero-order valence-electron chi connectivity index (χ0n) is 13.6. The van der Waals surface area contributed by atoms with Crippen LogP contribution in [-0.2, 0) is 6.42 Å². The van der Waals surface area contributed by atoms with E-state index in [1.54, 1.807) is 6.07 Å². The average Bonchev–Trinajstić information content (AvgIpc) is 2.41. The molecule has 0 spiro atoms. The molecule has 1 fully saturated rings. The van der Waals surface area contributed by atoms with Gasteiger partial charge in [0.2, 0.25) is 0 Å². The lowest BCUT2D eigenvalue weighted by Crippen LogP contribution is -2.21. The van der Waals surface area contributed by atoms with Crippen molar-refractivity contribution in [1.29, 1.82) is 0 Å². The van der Waals surface area contributed by atoms with Crippen LogP contribution in [0.3, 0.4) is 0 Å². The van der Waals surface area contributed by atoms with E-state index in [1.807, 2.05) is 18.2 Å². The first kappa shape index (κ1) is 17.1. The molecule has 2 rings (SSSR count). The molecule has 0 aromatic heterocycles. The number of para-hydroxylation sites is 1. The van der Waals surface area contributed by atoms with Gasteiger partial charge in [0.05, 0.1) is 0 Å². The van der Waals surface area contributed by atoms with Crippen LogP contribution in [0.15, 0.2) is 24.3 Å². The highest BCUT2D eigenvalue weighted by molar-refractivity contribution is 5.31. The molecule has 1 aliphatic rings. The van der Waals surface area contributed by atoms with E-state index >= 15 is 0 Å². The van der Waals surface area contributed by atoms with Crippen LogP contribution in [0.1, 0.15) is 71.3 Å². The number of unbranched alkanes of at least 4 members (excludes halogenated alkanes) is 2. The minimum atomic E-state index is 0.439. The summed E-state index contributed by atoms with van der Waals surface area (Å²) in [5.41, 5.74) is 1.07. The third kappa shape index (κ3) is 5.98. The maximum Gasteiger partial charge on any atom is 0.118 e. The van der Waals surface area contributed by atoms with E-state index in [4.69, 9.17) is 0 Å². The van der Waals surface area contributed by atoms with Crippen molar-refractivity contribution in [3.05, 3.63) is 29.8 Å². The van der Waals surface area contributed by atoms with Crippen molar-refractivity contribution in [3.63, 3.8) is 0 Å². The van der Waals surface area contributed by atoms with Crippen LogP contribution in [0.2, 0.25) is 0 Å². The fourth-order valence-corrected chi connectivity index (χ4v) is 2.83. The number of rotatable bonds is 6. The molecular formula is C19H32O. The Bertz CT molecular complexity index is 345. The SMILES string of the molecule is CCC1CC(CC)C1.CCCCCc1ccccc1O. The van der Waals surface area contributed by atoms with Gasteiger partial charge in [-0.15, -0.1) is 0 Å². The number of phenolic OH excluding ortho intramolecular Hbond substituents is 1. The van der Waals surface area contributed by atoms with E-state index in [0.717, 1.165) is 23.8 Å². The van der Waals surface area contributed by atoms with Gasteiger partial charge in [0.15, 0.2) is 0 Å². The van der Waals surface area contributed by atoms with Gasteiger partial charge in [-0.2, -0.15) is 0 Å². The molecule has 1 heteroatoms. The number of aryl methyl sites for hydroxylation is 1. The van der Waals surface area contributed by atoms with Crippen molar-refractivity contribution >= 4 is 0 Å². The molecule has 0 amide bonds. The van der Waals surface area contributed by atoms with E-state index in [9.17, 15) is 5.11 Å². The molecule has 0 aliphatic heterocycles. The summed E-state index contributed by atoms with van der Waals surface area (Å²) in [4.78, 5) is 0. The summed E-state index contributed by atoms with van der Waals surface area (Å²) in [6.45, 7) is 6.79. The lowest BCUT2D eigenvalue weighted by atomic mass is 9.72. The fourth-order valence-electron chi connectivity index (χ4n) is 2.83. The van der Waals surface area contributed by atoms with Gasteiger partial charge in [-0.05, 0) is 49.1 Å². The summed E-state index contributed by atoms with van der Waals surface area (Å²) in [7, 11) is 0. The van der Waals surface area contributed by atoms with E-state index in [1.165, 1.54) is 44.9 Å².